The molecular weight excluding hydrogens is 304 g/mol. The van der Waals surface area contributed by atoms with Crippen LogP contribution in [0.15, 0.2) is 18.2 Å². The molecule has 1 aromatic rings. The summed E-state index contributed by atoms with van der Waals surface area (Å²) < 4.78 is 4.94. The molecule has 1 amide bonds. The highest BCUT2D eigenvalue weighted by Crippen LogP contribution is 2.33. The zero-order valence-electron chi connectivity index (χ0n) is 12.7. The molecule has 23 heavy (non-hydrogen) atoms. The van der Waals surface area contributed by atoms with Crippen molar-refractivity contribution in [3.8, 4) is 5.75 Å². The number of nitro benzene ring substituents is 1. The van der Waals surface area contributed by atoms with Crippen LogP contribution in [0.25, 0.3) is 0 Å². The first-order valence-electron chi connectivity index (χ1n) is 7.24. The smallest absolute Gasteiger partial charge is 0.310 e. The summed E-state index contributed by atoms with van der Waals surface area (Å²) in [5.74, 6) is -1.43. The summed E-state index contributed by atoms with van der Waals surface area (Å²) in [7, 11) is 1.28. The van der Waals surface area contributed by atoms with Crippen LogP contribution >= 0.6 is 0 Å². The molecule has 0 aromatic heterocycles. The number of hydrogen-bond acceptors (Lipinski definition) is 5. The van der Waals surface area contributed by atoms with Gasteiger partial charge in [-0.1, -0.05) is 12.8 Å². The van der Waals surface area contributed by atoms with Crippen LogP contribution < -0.4 is 10.1 Å². The number of carbonyl (C=O) groups is 2. The van der Waals surface area contributed by atoms with Crippen molar-refractivity contribution < 1.29 is 24.4 Å². The number of carboxylic acids is 1. The van der Waals surface area contributed by atoms with Gasteiger partial charge in [-0.25, -0.2) is 0 Å². The van der Waals surface area contributed by atoms with E-state index in [0.717, 1.165) is 12.8 Å². The van der Waals surface area contributed by atoms with Crippen LogP contribution in [-0.4, -0.2) is 34.6 Å². The zero-order valence-corrected chi connectivity index (χ0v) is 12.7. The maximum absolute atomic E-state index is 12.4. The Balaban J connectivity index is 2.22. The van der Waals surface area contributed by atoms with E-state index in [9.17, 15) is 19.7 Å². The first-order chi connectivity index (χ1) is 10.9. The lowest BCUT2D eigenvalue weighted by Crippen LogP contribution is -2.47. The van der Waals surface area contributed by atoms with Crippen molar-refractivity contribution >= 4 is 17.6 Å². The molecule has 1 saturated carbocycles. The van der Waals surface area contributed by atoms with Gasteiger partial charge in [0.25, 0.3) is 5.91 Å². The Hall–Kier alpha value is -2.64. The highest BCUT2D eigenvalue weighted by Gasteiger charge is 2.37. The number of nitro groups is 1. The number of nitrogens with one attached hydrogen (secondary N) is 1. The standard InChI is InChI=1S/C15H18N2O6/c1-23-12-8-10(4-5-11(12)17(21)22)14(20)16-15(9-13(18)19)6-2-3-7-15/h4-5,8H,2-3,6-7,9H2,1H3,(H,16,20)(H,18,19). The van der Waals surface area contributed by atoms with Crippen molar-refractivity contribution in [1.29, 1.82) is 0 Å². The predicted molar refractivity (Wildman–Crippen MR) is 80.6 cm³/mol. The van der Waals surface area contributed by atoms with Gasteiger partial charge in [-0.2, -0.15) is 0 Å². The molecule has 1 fully saturated rings. The monoisotopic (exact) mass is 322 g/mol. The number of carbonyl (C=O) groups excluding carboxylic acids is 1. The van der Waals surface area contributed by atoms with Crippen molar-refractivity contribution in [2.45, 2.75) is 37.6 Å². The minimum absolute atomic E-state index is 0.0126. The normalized spacial score (nSPS) is 15.9. The summed E-state index contributed by atoms with van der Waals surface area (Å²) in [5.41, 5.74) is -0.785. The molecule has 0 radical (unpaired) electrons. The van der Waals surface area contributed by atoms with Crippen molar-refractivity contribution in [1.82, 2.24) is 5.32 Å². The quantitative estimate of drug-likeness (QED) is 0.611. The molecule has 0 unspecified atom stereocenters. The highest BCUT2D eigenvalue weighted by molar-refractivity contribution is 5.95. The average molecular weight is 322 g/mol. The largest absolute Gasteiger partial charge is 0.490 e. The van der Waals surface area contributed by atoms with Gasteiger partial charge in [0.2, 0.25) is 0 Å². The molecule has 0 spiro atoms. The van der Waals surface area contributed by atoms with Crippen LogP contribution in [-0.2, 0) is 4.79 Å². The molecule has 8 heteroatoms. The van der Waals surface area contributed by atoms with Gasteiger partial charge in [0.15, 0.2) is 5.75 Å². The number of methoxy groups -OCH3 is 1. The number of aliphatic carboxylic acids is 1. The number of benzene rings is 1. The lowest BCUT2D eigenvalue weighted by atomic mass is 9.92. The lowest BCUT2D eigenvalue weighted by molar-refractivity contribution is -0.385. The molecule has 2 N–H and O–H groups in total. The molecule has 0 bridgehead atoms. The number of rotatable bonds is 6. The minimum atomic E-state index is -0.964. The molecule has 0 aliphatic heterocycles. The maximum atomic E-state index is 12.4. The van der Waals surface area contributed by atoms with Crippen molar-refractivity contribution in [2.24, 2.45) is 0 Å². The molecule has 2 rings (SSSR count). The fraction of sp³-hybridized carbons (Fsp3) is 0.467. The topological polar surface area (TPSA) is 119 Å². The molecular formula is C15H18N2O6. The maximum Gasteiger partial charge on any atom is 0.310 e. The summed E-state index contributed by atoms with van der Waals surface area (Å²) in [6.45, 7) is 0. The Morgan fingerprint density at radius 2 is 2.04 bits per heavy atom. The predicted octanol–water partition coefficient (Wildman–Crippen LogP) is 2.12. The van der Waals surface area contributed by atoms with E-state index in [0.29, 0.717) is 12.8 Å². The zero-order chi connectivity index (χ0) is 17.0. The van der Waals surface area contributed by atoms with Crippen molar-refractivity contribution in [2.75, 3.05) is 7.11 Å². The fourth-order valence-corrected chi connectivity index (χ4v) is 2.97. The average Bonchev–Trinajstić information content (AvgIpc) is 2.93. The van der Waals surface area contributed by atoms with E-state index in [2.05, 4.69) is 5.32 Å². The minimum Gasteiger partial charge on any atom is -0.490 e. The van der Waals surface area contributed by atoms with Crippen molar-refractivity contribution in [3.63, 3.8) is 0 Å². The van der Waals surface area contributed by atoms with Crippen molar-refractivity contribution in [3.05, 3.63) is 33.9 Å². The second-order valence-corrected chi connectivity index (χ2v) is 5.66. The van der Waals surface area contributed by atoms with Gasteiger partial charge in [0, 0.05) is 17.7 Å². The van der Waals surface area contributed by atoms with Gasteiger partial charge in [0.05, 0.1) is 24.0 Å². The highest BCUT2D eigenvalue weighted by atomic mass is 16.6. The second kappa shape index (κ2) is 6.64. The van der Waals surface area contributed by atoms with Gasteiger partial charge in [-0.05, 0) is 18.9 Å². The number of carboxylic acid groups (broad SMARTS) is 1. The number of amides is 1. The number of nitrogens with zero attached hydrogens (tertiary/aromatic N) is 1. The molecule has 124 valence electrons. The van der Waals surface area contributed by atoms with Gasteiger partial charge in [-0.15, -0.1) is 0 Å². The Labute approximate surface area is 132 Å². The summed E-state index contributed by atoms with van der Waals surface area (Å²) in [6, 6.07) is 3.82. The van der Waals surface area contributed by atoms with Crippen LogP contribution in [0.3, 0.4) is 0 Å². The Kier molecular flexibility index (Phi) is 4.83. The third-order valence-electron chi connectivity index (χ3n) is 4.07. The van der Waals surface area contributed by atoms with E-state index in [1.54, 1.807) is 0 Å². The van der Waals surface area contributed by atoms with E-state index in [-0.39, 0.29) is 23.4 Å². The van der Waals surface area contributed by atoms with Crippen LogP contribution in [0.4, 0.5) is 5.69 Å². The molecule has 0 saturated heterocycles. The Morgan fingerprint density at radius 3 is 2.57 bits per heavy atom. The van der Waals surface area contributed by atoms with Gasteiger partial charge in [-0.3, -0.25) is 19.7 Å². The first kappa shape index (κ1) is 16.7. The summed E-state index contributed by atoms with van der Waals surface area (Å²) in [4.78, 5) is 33.7. The summed E-state index contributed by atoms with van der Waals surface area (Å²) >= 11 is 0. The Morgan fingerprint density at radius 1 is 1.39 bits per heavy atom. The molecule has 1 aromatic carbocycles. The number of hydrogen-bond donors (Lipinski definition) is 2. The third kappa shape index (κ3) is 3.77. The molecule has 1 aliphatic rings. The van der Waals surface area contributed by atoms with Gasteiger partial charge < -0.3 is 15.2 Å². The second-order valence-electron chi connectivity index (χ2n) is 5.66. The van der Waals surface area contributed by atoms with E-state index in [1.165, 1.54) is 25.3 Å². The van der Waals surface area contributed by atoms with E-state index in [1.807, 2.05) is 0 Å². The van der Waals surface area contributed by atoms with E-state index >= 15 is 0 Å². The van der Waals surface area contributed by atoms with Gasteiger partial charge in [0.1, 0.15) is 0 Å². The Bertz CT molecular complexity index is 637. The van der Waals surface area contributed by atoms with E-state index < -0.39 is 22.3 Å². The van der Waals surface area contributed by atoms with Crippen LogP contribution in [0.1, 0.15) is 42.5 Å². The summed E-state index contributed by atoms with van der Waals surface area (Å²) in [6.07, 6.45) is 2.79. The van der Waals surface area contributed by atoms with Crippen LogP contribution in [0.2, 0.25) is 0 Å². The molecule has 1 aliphatic carbocycles. The number of ether oxygens (including phenoxy) is 1. The SMILES string of the molecule is COc1cc(C(=O)NC2(CC(=O)O)CCCC2)ccc1[N+](=O)[O-]. The molecule has 8 nitrogen and oxygen atoms in total. The van der Waals surface area contributed by atoms with Crippen LogP contribution in [0.5, 0.6) is 5.75 Å². The summed E-state index contributed by atoms with van der Waals surface area (Å²) in [5, 5.41) is 22.7. The first-order valence-corrected chi connectivity index (χ1v) is 7.24. The molecule has 0 atom stereocenters. The lowest BCUT2D eigenvalue weighted by Gasteiger charge is -2.28. The molecule has 0 heterocycles. The third-order valence-corrected chi connectivity index (χ3v) is 4.07. The fourth-order valence-electron chi connectivity index (χ4n) is 2.97. The van der Waals surface area contributed by atoms with Crippen LogP contribution in [0, 0.1) is 10.1 Å². The van der Waals surface area contributed by atoms with Gasteiger partial charge >= 0.3 is 11.7 Å². The van der Waals surface area contributed by atoms with E-state index in [4.69, 9.17) is 9.84 Å².